The molecule has 1 aromatic rings. The fourth-order valence-electron chi connectivity index (χ4n) is 3.00. The fraction of sp³-hybridized carbons (Fsp3) is 0.600. The number of ether oxygens (including phenoxy) is 1. The number of benzene rings is 1. The summed E-state index contributed by atoms with van der Waals surface area (Å²) < 4.78 is 5.58. The summed E-state index contributed by atoms with van der Waals surface area (Å²) in [4.78, 5) is 23.7. The van der Waals surface area contributed by atoms with Gasteiger partial charge >= 0.3 is 0 Å². The first-order chi connectivity index (χ1) is 12.2. The topological polar surface area (TPSA) is 67.4 Å². The Morgan fingerprint density at radius 3 is 2.80 bits per heavy atom. The summed E-state index contributed by atoms with van der Waals surface area (Å²) in [6.07, 6.45) is 7.23. The Kier molecular flexibility index (Phi) is 8.46. The molecule has 2 amide bonds. The predicted molar refractivity (Wildman–Crippen MR) is 99.5 cm³/mol. The molecule has 0 spiro atoms. The highest BCUT2D eigenvalue weighted by molar-refractivity contribution is 5.93. The zero-order chi connectivity index (χ0) is 17.9. The van der Waals surface area contributed by atoms with E-state index in [1.165, 1.54) is 18.4 Å². The summed E-state index contributed by atoms with van der Waals surface area (Å²) in [5.74, 6) is -0.184. The standard InChI is InChI=1S/C20H30N2O3/c1-2-16-7-5-8-17(15-16)22-20(24)12-11-19(23)21-13-4-3-9-18-10-6-14-25-18/h5,7-8,15,18H,2-4,6,9-14H2,1H3,(H,21,23)(H,22,24). The van der Waals surface area contributed by atoms with E-state index in [1.807, 2.05) is 24.3 Å². The lowest BCUT2D eigenvalue weighted by molar-refractivity contribution is -0.124. The molecule has 25 heavy (non-hydrogen) atoms. The van der Waals surface area contributed by atoms with Crippen molar-refractivity contribution in [2.24, 2.45) is 0 Å². The molecule has 1 aliphatic heterocycles. The minimum absolute atomic E-state index is 0.0606. The van der Waals surface area contributed by atoms with Crippen molar-refractivity contribution >= 4 is 17.5 Å². The zero-order valence-corrected chi connectivity index (χ0v) is 15.2. The van der Waals surface area contributed by atoms with Crippen LogP contribution in [0, 0.1) is 0 Å². The van der Waals surface area contributed by atoms with Crippen LogP contribution in [0.15, 0.2) is 24.3 Å². The summed E-state index contributed by atoms with van der Waals surface area (Å²) in [5, 5.41) is 5.73. The molecule has 1 heterocycles. The molecular formula is C20H30N2O3. The van der Waals surface area contributed by atoms with Gasteiger partial charge in [0.15, 0.2) is 0 Å². The third kappa shape index (κ3) is 7.69. The van der Waals surface area contributed by atoms with Crippen molar-refractivity contribution in [2.75, 3.05) is 18.5 Å². The number of nitrogens with one attached hydrogen (secondary N) is 2. The van der Waals surface area contributed by atoms with Crippen molar-refractivity contribution in [3.63, 3.8) is 0 Å². The Balaban J connectivity index is 1.53. The number of amides is 2. The largest absolute Gasteiger partial charge is 0.378 e. The van der Waals surface area contributed by atoms with Crippen LogP contribution >= 0.6 is 0 Å². The van der Waals surface area contributed by atoms with E-state index >= 15 is 0 Å². The van der Waals surface area contributed by atoms with Gasteiger partial charge in [-0.2, -0.15) is 0 Å². The van der Waals surface area contributed by atoms with Gasteiger partial charge in [-0.3, -0.25) is 9.59 Å². The van der Waals surface area contributed by atoms with E-state index in [4.69, 9.17) is 4.74 Å². The molecule has 1 atom stereocenters. The molecule has 0 aromatic heterocycles. The minimum atomic E-state index is -0.123. The third-order valence-electron chi connectivity index (χ3n) is 4.50. The summed E-state index contributed by atoms with van der Waals surface area (Å²) >= 11 is 0. The van der Waals surface area contributed by atoms with Gasteiger partial charge in [0.05, 0.1) is 6.10 Å². The van der Waals surface area contributed by atoms with Gasteiger partial charge in [-0.1, -0.05) is 19.1 Å². The Labute approximate surface area is 150 Å². The van der Waals surface area contributed by atoms with Crippen LogP contribution < -0.4 is 10.6 Å². The van der Waals surface area contributed by atoms with Gasteiger partial charge in [0, 0.05) is 31.7 Å². The molecule has 1 fully saturated rings. The van der Waals surface area contributed by atoms with E-state index in [0.717, 1.165) is 38.0 Å². The summed E-state index contributed by atoms with van der Waals surface area (Å²) in [5.41, 5.74) is 1.97. The molecule has 0 aliphatic carbocycles. The molecule has 1 saturated heterocycles. The van der Waals surface area contributed by atoms with E-state index in [9.17, 15) is 9.59 Å². The predicted octanol–water partition coefficient (Wildman–Crippen LogP) is 3.43. The molecule has 1 aliphatic rings. The quantitative estimate of drug-likeness (QED) is 0.638. The molecule has 1 aromatic carbocycles. The fourth-order valence-corrected chi connectivity index (χ4v) is 3.00. The molecule has 2 N–H and O–H groups in total. The molecule has 5 heteroatoms. The Bertz CT molecular complexity index is 554. The molecule has 0 radical (unpaired) electrons. The van der Waals surface area contributed by atoms with Crippen LogP contribution in [0.5, 0.6) is 0 Å². The van der Waals surface area contributed by atoms with Gasteiger partial charge in [0.2, 0.25) is 11.8 Å². The molecule has 0 saturated carbocycles. The highest BCUT2D eigenvalue weighted by Gasteiger charge is 2.14. The molecule has 5 nitrogen and oxygen atoms in total. The van der Waals surface area contributed by atoms with Crippen molar-refractivity contribution in [2.45, 2.75) is 64.4 Å². The summed E-state index contributed by atoms with van der Waals surface area (Å²) in [6.45, 7) is 3.64. The lowest BCUT2D eigenvalue weighted by atomic mass is 10.1. The Morgan fingerprint density at radius 2 is 2.04 bits per heavy atom. The zero-order valence-electron chi connectivity index (χ0n) is 15.2. The van der Waals surface area contributed by atoms with Gasteiger partial charge in [0.25, 0.3) is 0 Å². The van der Waals surface area contributed by atoms with Crippen LogP contribution in [-0.2, 0) is 20.7 Å². The highest BCUT2D eigenvalue weighted by atomic mass is 16.5. The second-order valence-electron chi connectivity index (χ2n) is 6.58. The van der Waals surface area contributed by atoms with Gasteiger partial charge in [-0.15, -0.1) is 0 Å². The van der Waals surface area contributed by atoms with Crippen molar-refractivity contribution in [1.29, 1.82) is 0 Å². The van der Waals surface area contributed by atoms with E-state index in [-0.39, 0.29) is 24.7 Å². The molecule has 1 unspecified atom stereocenters. The third-order valence-corrected chi connectivity index (χ3v) is 4.50. The van der Waals surface area contributed by atoms with Crippen LogP contribution in [0.25, 0.3) is 0 Å². The van der Waals surface area contributed by atoms with Crippen molar-refractivity contribution in [3.8, 4) is 0 Å². The molecule has 0 bridgehead atoms. The van der Waals surface area contributed by atoms with Crippen LogP contribution in [0.2, 0.25) is 0 Å². The van der Waals surface area contributed by atoms with Gasteiger partial charge < -0.3 is 15.4 Å². The average molecular weight is 346 g/mol. The maximum atomic E-state index is 11.9. The highest BCUT2D eigenvalue weighted by Crippen LogP contribution is 2.17. The van der Waals surface area contributed by atoms with Crippen LogP contribution in [0.1, 0.15) is 57.4 Å². The number of hydrogen-bond acceptors (Lipinski definition) is 3. The maximum absolute atomic E-state index is 11.9. The first-order valence-electron chi connectivity index (χ1n) is 9.44. The number of anilines is 1. The number of unbranched alkanes of at least 4 members (excludes halogenated alkanes) is 1. The van der Waals surface area contributed by atoms with Gasteiger partial charge in [-0.05, 0) is 56.2 Å². The second kappa shape index (κ2) is 10.9. The van der Waals surface area contributed by atoms with Gasteiger partial charge in [-0.25, -0.2) is 0 Å². The van der Waals surface area contributed by atoms with Crippen molar-refractivity contribution in [3.05, 3.63) is 29.8 Å². The first kappa shape index (κ1) is 19.4. The van der Waals surface area contributed by atoms with E-state index in [2.05, 4.69) is 17.6 Å². The smallest absolute Gasteiger partial charge is 0.224 e. The molecule has 138 valence electrons. The number of rotatable bonds is 10. The molecular weight excluding hydrogens is 316 g/mol. The summed E-state index contributed by atoms with van der Waals surface area (Å²) in [7, 11) is 0. The van der Waals surface area contributed by atoms with Crippen molar-refractivity contribution in [1.82, 2.24) is 5.32 Å². The lowest BCUT2D eigenvalue weighted by Gasteiger charge is -2.09. The first-order valence-corrected chi connectivity index (χ1v) is 9.44. The number of hydrogen-bond donors (Lipinski definition) is 2. The van der Waals surface area contributed by atoms with E-state index in [1.54, 1.807) is 0 Å². The van der Waals surface area contributed by atoms with Crippen LogP contribution in [0.4, 0.5) is 5.69 Å². The average Bonchev–Trinajstić information content (AvgIpc) is 3.13. The molecule has 2 rings (SSSR count). The monoisotopic (exact) mass is 346 g/mol. The number of carbonyl (C=O) groups is 2. The lowest BCUT2D eigenvalue weighted by Crippen LogP contribution is -2.26. The van der Waals surface area contributed by atoms with Crippen LogP contribution in [0.3, 0.4) is 0 Å². The Hall–Kier alpha value is -1.88. The Morgan fingerprint density at radius 1 is 1.20 bits per heavy atom. The van der Waals surface area contributed by atoms with E-state index < -0.39 is 0 Å². The van der Waals surface area contributed by atoms with Crippen molar-refractivity contribution < 1.29 is 14.3 Å². The SMILES string of the molecule is CCc1cccc(NC(=O)CCC(=O)NCCCCC2CCCO2)c1. The summed E-state index contributed by atoms with van der Waals surface area (Å²) in [6, 6.07) is 7.79. The number of aryl methyl sites for hydroxylation is 1. The van der Waals surface area contributed by atoms with Gasteiger partial charge in [0.1, 0.15) is 0 Å². The normalized spacial score (nSPS) is 16.6. The number of carbonyl (C=O) groups excluding carboxylic acids is 2. The maximum Gasteiger partial charge on any atom is 0.224 e. The minimum Gasteiger partial charge on any atom is -0.378 e. The van der Waals surface area contributed by atoms with E-state index in [0.29, 0.717) is 12.6 Å². The van der Waals surface area contributed by atoms with Crippen LogP contribution in [-0.4, -0.2) is 31.1 Å². The second-order valence-corrected chi connectivity index (χ2v) is 6.58.